The highest BCUT2D eigenvalue weighted by molar-refractivity contribution is 4.89. The molecule has 0 bridgehead atoms. The average molecular weight is 209 g/mol. The zero-order valence-electron chi connectivity index (χ0n) is 9.32. The molecular formula is C10H19N5. The van der Waals surface area contributed by atoms with E-state index < -0.39 is 0 Å². The van der Waals surface area contributed by atoms with Crippen LogP contribution in [0, 0.1) is 0 Å². The molecule has 0 spiro atoms. The first kappa shape index (κ1) is 10.6. The normalized spacial score (nSPS) is 16.6. The highest BCUT2D eigenvalue weighted by Gasteiger charge is 2.16. The molecule has 84 valence electrons. The second-order valence-electron chi connectivity index (χ2n) is 3.97. The van der Waals surface area contributed by atoms with E-state index in [0.29, 0.717) is 0 Å². The summed E-state index contributed by atoms with van der Waals surface area (Å²) in [5, 5.41) is 11.4. The molecule has 0 fully saturated rings. The highest BCUT2D eigenvalue weighted by Crippen LogP contribution is 2.07. The maximum Gasteiger partial charge on any atom is 0.147 e. The minimum atomic E-state index is 0.938. The summed E-state index contributed by atoms with van der Waals surface area (Å²) in [5.74, 6) is 1.09. The third-order valence-electron chi connectivity index (χ3n) is 2.75. The summed E-state index contributed by atoms with van der Waals surface area (Å²) < 4.78 is 2.13. The minimum Gasteiger partial charge on any atom is -0.315 e. The molecule has 1 N–H and O–H groups in total. The van der Waals surface area contributed by atoms with Gasteiger partial charge >= 0.3 is 0 Å². The second-order valence-corrected chi connectivity index (χ2v) is 3.97. The van der Waals surface area contributed by atoms with Crippen molar-refractivity contribution >= 4 is 0 Å². The molecule has 0 saturated carbocycles. The molecule has 5 nitrogen and oxygen atoms in total. The van der Waals surface area contributed by atoms with Gasteiger partial charge in [-0.25, -0.2) is 0 Å². The molecule has 1 aliphatic rings. The van der Waals surface area contributed by atoms with Gasteiger partial charge < -0.3 is 9.88 Å². The number of rotatable bonds is 5. The van der Waals surface area contributed by atoms with Crippen LogP contribution in [0.15, 0.2) is 6.33 Å². The van der Waals surface area contributed by atoms with Crippen LogP contribution in [-0.2, 0) is 13.1 Å². The molecule has 0 amide bonds. The molecule has 0 aromatic carbocycles. The zero-order valence-corrected chi connectivity index (χ0v) is 9.32. The van der Waals surface area contributed by atoms with Gasteiger partial charge in [-0.2, -0.15) is 0 Å². The Labute approximate surface area is 90.5 Å². The number of aromatic nitrogens is 3. The van der Waals surface area contributed by atoms with E-state index in [1.165, 1.54) is 6.42 Å². The van der Waals surface area contributed by atoms with Gasteiger partial charge in [0, 0.05) is 26.2 Å². The third-order valence-corrected chi connectivity index (χ3v) is 2.75. The van der Waals surface area contributed by atoms with E-state index >= 15 is 0 Å². The fourth-order valence-electron chi connectivity index (χ4n) is 1.85. The molecule has 2 heterocycles. The number of hydrogen-bond acceptors (Lipinski definition) is 4. The first-order chi connectivity index (χ1) is 7.40. The first-order valence-corrected chi connectivity index (χ1v) is 5.70. The summed E-state index contributed by atoms with van der Waals surface area (Å²) >= 11 is 0. The van der Waals surface area contributed by atoms with Crippen molar-refractivity contribution in [2.24, 2.45) is 0 Å². The van der Waals surface area contributed by atoms with Crippen LogP contribution < -0.4 is 5.32 Å². The second kappa shape index (κ2) is 5.23. The maximum absolute atomic E-state index is 4.10. The van der Waals surface area contributed by atoms with Crippen LogP contribution in [0.4, 0.5) is 0 Å². The fraction of sp³-hybridized carbons (Fsp3) is 0.800. The molecule has 1 aromatic rings. The van der Waals surface area contributed by atoms with Crippen molar-refractivity contribution in [3.8, 4) is 0 Å². The van der Waals surface area contributed by atoms with Gasteiger partial charge in [-0.15, -0.1) is 10.2 Å². The van der Waals surface area contributed by atoms with Crippen molar-refractivity contribution in [3.63, 3.8) is 0 Å². The molecule has 0 unspecified atom stereocenters. The van der Waals surface area contributed by atoms with Crippen LogP contribution in [0.3, 0.4) is 0 Å². The molecule has 0 aliphatic carbocycles. The van der Waals surface area contributed by atoms with E-state index in [0.717, 1.165) is 45.1 Å². The lowest BCUT2D eigenvalue weighted by Crippen LogP contribution is -2.38. The summed E-state index contributed by atoms with van der Waals surface area (Å²) in [7, 11) is 0. The third kappa shape index (κ3) is 2.76. The minimum absolute atomic E-state index is 0.938. The molecular weight excluding hydrogens is 190 g/mol. The van der Waals surface area contributed by atoms with E-state index in [4.69, 9.17) is 0 Å². The highest BCUT2D eigenvalue weighted by atomic mass is 15.3. The summed E-state index contributed by atoms with van der Waals surface area (Å²) in [6.07, 6.45) is 3.02. The van der Waals surface area contributed by atoms with Gasteiger partial charge in [0.15, 0.2) is 0 Å². The van der Waals surface area contributed by atoms with Crippen LogP contribution in [-0.4, -0.2) is 45.8 Å². The van der Waals surface area contributed by atoms with E-state index in [-0.39, 0.29) is 0 Å². The Morgan fingerprint density at radius 1 is 1.40 bits per heavy atom. The largest absolute Gasteiger partial charge is 0.315 e. The van der Waals surface area contributed by atoms with Crippen molar-refractivity contribution in [1.29, 1.82) is 0 Å². The number of hydrogen-bond donors (Lipinski definition) is 1. The lowest BCUT2D eigenvalue weighted by Gasteiger charge is -2.26. The number of fused-ring (bicyclic) bond motifs is 1. The molecule has 5 heteroatoms. The van der Waals surface area contributed by atoms with Crippen LogP contribution in [0.25, 0.3) is 0 Å². The first-order valence-electron chi connectivity index (χ1n) is 5.70. The van der Waals surface area contributed by atoms with Gasteiger partial charge in [-0.1, -0.05) is 6.92 Å². The Hall–Kier alpha value is -0.940. The van der Waals surface area contributed by atoms with Gasteiger partial charge in [0.25, 0.3) is 0 Å². The lowest BCUT2D eigenvalue weighted by atomic mass is 10.3. The van der Waals surface area contributed by atoms with E-state index in [9.17, 15) is 0 Å². The average Bonchev–Trinajstić information content (AvgIpc) is 2.71. The Bertz CT molecular complexity index is 296. The van der Waals surface area contributed by atoms with Gasteiger partial charge in [-0.3, -0.25) is 4.90 Å². The van der Waals surface area contributed by atoms with Gasteiger partial charge in [0.2, 0.25) is 0 Å². The zero-order chi connectivity index (χ0) is 10.5. The summed E-state index contributed by atoms with van der Waals surface area (Å²) in [6.45, 7) is 8.55. The molecule has 0 saturated heterocycles. The van der Waals surface area contributed by atoms with E-state index in [1.54, 1.807) is 0 Å². The molecule has 1 aliphatic heterocycles. The van der Waals surface area contributed by atoms with Crippen LogP contribution in [0.1, 0.15) is 19.2 Å². The summed E-state index contributed by atoms with van der Waals surface area (Å²) in [5.41, 5.74) is 0. The van der Waals surface area contributed by atoms with Gasteiger partial charge in [0.1, 0.15) is 12.2 Å². The molecule has 0 radical (unpaired) electrons. The fourth-order valence-corrected chi connectivity index (χ4v) is 1.85. The van der Waals surface area contributed by atoms with Crippen LogP contribution >= 0.6 is 0 Å². The monoisotopic (exact) mass is 209 g/mol. The Kier molecular flexibility index (Phi) is 3.69. The quantitative estimate of drug-likeness (QED) is 0.698. The van der Waals surface area contributed by atoms with Gasteiger partial charge in [0.05, 0.1) is 6.54 Å². The molecule has 2 rings (SSSR count). The van der Waals surface area contributed by atoms with Crippen molar-refractivity contribution in [1.82, 2.24) is 25.0 Å². The number of nitrogens with one attached hydrogen (secondary N) is 1. The lowest BCUT2D eigenvalue weighted by molar-refractivity contribution is 0.217. The van der Waals surface area contributed by atoms with Crippen molar-refractivity contribution in [3.05, 3.63) is 12.2 Å². The SMILES string of the molecule is CCCNCCN1CCn2cnnc2C1. The molecule has 0 atom stereocenters. The van der Waals surface area contributed by atoms with Crippen molar-refractivity contribution < 1.29 is 0 Å². The topological polar surface area (TPSA) is 46.0 Å². The van der Waals surface area contributed by atoms with Crippen LogP contribution in [0.5, 0.6) is 0 Å². The van der Waals surface area contributed by atoms with Crippen LogP contribution in [0.2, 0.25) is 0 Å². The predicted octanol–water partition coefficient (Wildman–Crippen LogP) is 0.0933. The number of nitrogens with zero attached hydrogens (tertiary/aromatic N) is 4. The molecule has 15 heavy (non-hydrogen) atoms. The smallest absolute Gasteiger partial charge is 0.147 e. The van der Waals surface area contributed by atoms with E-state index in [2.05, 4.69) is 31.9 Å². The summed E-state index contributed by atoms with van der Waals surface area (Å²) in [6, 6.07) is 0. The van der Waals surface area contributed by atoms with Crippen molar-refractivity contribution in [2.45, 2.75) is 26.4 Å². The van der Waals surface area contributed by atoms with E-state index in [1.807, 2.05) is 6.33 Å². The van der Waals surface area contributed by atoms with Crippen molar-refractivity contribution in [2.75, 3.05) is 26.2 Å². The standard InChI is InChI=1S/C10H19N5/c1-2-3-11-4-5-14-6-7-15-9-12-13-10(15)8-14/h9,11H,2-8H2,1H3. The van der Waals surface area contributed by atoms with Gasteiger partial charge in [-0.05, 0) is 13.0 Å². The Morgan fingerprint density at radius 3 is 3.20 bits per heavy atom. The Balaban J connectivity index is 1.73. The predicted molar refractivity (Wildman–Crippen MR) is 58.5 cm³/mol. The summed E-state index contributed by atoms with van der Waals surface area (Å²) in [4.78, 5) is 2.42. The maximum atomic E-state index is 4.10. The Morgan fingerprint density at radius 2 is 2.33 bits per heavy atom. The molecule has 1 aromatic heterocycles.